The summed E-state index contributed by atoms with van der Waals surface area (Å²) in [6, 6.07) is 7.94. The summed E-state index contributed by atoms with van der Waals surface area (Å²) in [5, 5.41) is 18.9. The molecule has 0 fully saturated rings. The van der Waals surface area contributed by atoms with E-state index in [1.807, 2.05) is 28.8 Å². The van der Waals surface area contributed by atoms with E-state index >= 15 is 0 Å². The van der Waals surface area contributed by atoms with E-state index in [4.69, 9.17) is 0 Å². The van der Waals surface area contributed by atoms with Crippen LogP contribution in [0, 0.1) is 0 Å². The molecule has 0 aliphatic carbocycles. The number of aliphatic hydroxyl groups is 1. The van der Waals surface area contributed by atoms with Gasteiger partial charge >= 0.3 is 0 Å². The molecule has 0 bridgehead atoms. The van der Waals surface area contributed by atoms with E-state index in [1.54, 1.807) is 11.8 Å². The Bertz CT molecular complexity index is 540. The maximum atomic E-state index is 9.69. The van der Waals surface area contributed by atoms with E-state index in [9.17, 15) is 5.11 Å². The Balaban J connectivity index is 2.04. The van der Waals surface area contributed by atoms with E-state index in [0.29, 0.717) is 12.3 Å². The van der Waals surface area contributed by atoms with Crippen LogP contribution in [0.25, 0.3) is 11.4 Å². The lowest BCUT2D eigenvalue weighted by Gasteiger charge is -2.19. The lowest BCUT2D eigenvalue weighted by molar-refractivity contribution is 0.171. The molecule has 2 aromatic rings. The minimum atomic E-state index is -0.322. The Hall–Kier alpha value is -0.850. The third kappa shape index (κ3) is 2.12. The summed E-state index contributed by atoms with van der Waals surface area (Å²) in [4.78, 5) is 0. The first-order valence-corrected chi connectivity index (χ1v) is 7.02. The fourth-order valence-electron chi connectivity index (χ4n) is 1.81. The predicted molar refractivity (Wildman–Crippen MR) is 69.9 cm³/mol. The van der Waals surface area contributed by atoms with Crippen molar-refractivity contribution in [3.05, 3.63) is 28.7 Å². The zero-order valence-electron chi connectivity index (χ0n) is 8.88. The van der Waals surface area contributed by atoms with E-state index in [1.165, 1.54) is 0 Å². The molecule has 6 heteroatoms. The minimum absolute atomic E-state index is 0.322. The van der Waals surface area contributed by atoms with Crippen molar-refractivity contribution in [2.24, 2.45) is 0 Å². The van der Waals surface area contributed by atoms with Crippen LogP contribution in [0.4, 0.5) is 0 Å². The van der Waals surface area contributed by atoms with Gasteiger partial charge < -0.3 is 5.11 Å². The largest absolute Gasteiger partial charge is 0.390 e. The molecule has 0 spiro atoms. The van der Waals surface area contributed by atoms with Crippen LogP contribution in [0.2, 0.25) is 0 Å². The Kier molecular flexibility index (Phi) is 2.94. The van der Waals surface area contributed by atoms with Gasteiger partial charge in [0, 0.05) is 15.8 Å². The van der Waals surface area contributed by atoms with Gasteiger partial charge in [-0.05, 0) is 12.1 Å². The molecule has 17 heavy (non-hydrogen) atoms. The summed E-state index contributed by atoms with van der Waals surface area (Å²) in [5.74, 6) is 1.51. The van der Waals surface area contributed by atoms with Crippen molar-refractivity contribution in [3.8, 4) is 11.4 Å². The molecular weight excluding hydrogens is 302 g/mol. The molecule has 0 saturated carbocycles. The zero-order chi connectivity index (χ0) is 11.8. The molecule has 1 aromatic carbocycles. The number of nitrogens with zero attached hydrogens (tertiary/aromatic N) is 3. The Morgan fingerprint density at radius 2 is 2.06 bits per heavy atom. The Morgan fingerprint density at radius 1 is 1.29 bits per heavy atom. The number of halogens is 1. The van der Waals surface area contributed by atoms with E-state index in [2.05, 4.69) is 26.1 Å². The van der Waals surface area contributed by atoms with E-state index in [0.717, 1.165) is 21.0 Å². The van der Waals surface area contributed by atoms with Crippen molar-refractivity contribution in [1.29, 1.82) is 0 Å². The second kappa shape index (κ2) is 4.44. The molecule has 0 unspecified atom stereocenters. The zero-order valence-corrected chi connectivity index (χ0v) is 11.3. The second-order valence-corrected chi connectivity index (χ2v) is 5.79. The van der Waals surface area contributed by atoms with Crippen molar-refractivity contribution in [2.75, 3.05) is 5.75 Å². The van der Waals surface area contributed by atoms with Crippen molar-refractivity contribution in [2.45, 2.75) is 17.8 Å². The fourth-order valence-corrected chi connectivity index (χ4v) is 2.93. The van der Waals surface area contributed by atoms with Gasteiger partial charge in [0.2, 0.25) is 0 Å². The molecule has 1 atom stereocenters. The molecule has 4 nitrogen and oxygen atoms in total. The molecule has 0 amide bonds. The summed E-state index contributed by atoms with van der Waals surface area (Å²) >= 11 is 4.95. The highest BCUT2D eigenvalue weighted by Gasteiger charge is 2.22. The first-order valence-electron chi connectivity index (χ1n) is 5.24. The molecule has 0 saturated heterocycles. The normalized spacial score (nSPS) is 19.1. The molecule has 3 rings (SSSR count). The lowest BCUT2D eigenvalue weighted by atomic mass is 10.2. The van der Waals surface area contributed by atoms with E-state index < -0.39 is 0 Å². The van der Waals surface area contributed by atoms with Gasteiger partial charge in [-0.25, -0.2) is 0 Å². The van der Waals surface area contributed by atoms with Crippen molar-refractivity contribution in [3.63, 3.8) is 0 Å². The second-order valence-electron chi connectivity index (χ2n) is 3.89. The highest BCUT2D eigenvalue weighted by molar-refractivity contribution is 9.10. The topological polar surface area (TPSA) is 50.9 Å². The number of hydrogen-bond acceptors (Lipinski definition) is 4. The van der Waals surface area contributed by atoms with Crippen LogP contribution in [0.3, 0.4) is 0 Å². The number of benzene rings is 1. The molecule has 88 valence electrons. The van der Waals surface area contributed by atoms with Gasteiger partial charge in [0.1, 0.15) is 0 Å². The van der Waals surface area contributed by atoms with Crippen molar-refractivity contribution < 1.29 is 5.11 Å². The summed E-state index contributed by atoms with van der Waals surface area (Å²) in [6.45, 7) is 0.570. The average Bonchev–Trinajstić information content (AvgIpc) is 2.73. The van der Waals surface area contributed by atoms with Crippen LogP contribution in [0.5, 0.6) is 0 Å². The molecule has 1 N–H and O–H groups in total. The first-order chi connectivity index (χ1) is 8.24. The van der Waals surface area contributed by atoms with Crippen LogP contribution >= 0.6 is 27.7 Å². The summed E-state index contributed by atoms with van der Waals surface area (Å²) < 4.78 is 3.01. The van der Waals surface area contributed by atoms with Gasteiger partial charge in [-0.1, -0.05) is 39.8 Å². The third-order valence-corrected chi connectivity index (χ3v) is 4.26. The molecule has 1 aliphatic heterocycles. The fraction of sp³-hybridized carbons (Fsp3) is 0.273. The predicted octanol–water partition coefficient (Wildman–Crippen LogP) is 2.17. The monoisotopic (exact) mass is 311 g/mol. The van der Waals surface area contributed by atoms with Crippen molar-refractivity contribution in [1.82, 2.24) is 14.8 Å². The van der Waals surface area contributed by atoms with Gasteiger partial charge in [0.25, 0.3) is 0 Å². The maximum absolute atomic E-state index is 9.69. The van der Waals surface area contributed by atoms with Crippen molar-refractivity contribution >= 4 is 27.7 Å². The Morgan fingerprint density at radius 3 is 2.82 bits per heavy atom. The molecule has 2 heterocycles. The van der Waals surface area contributed by atoms with Gasteiger partial charge in [0.05, 0.1) is 12.6 Å². The van der Waals surface area contributed by atoms with Gasteiger partial charge in [0.15, 0.2) is 11.0 Å². The smallest absolute Gasteiger partial charge is 0.191 e. The first kappa shape index (κ1) is 11.3. The number of hydrogen-bond donors (Lipinski definition) is 1. The van der Waals surface area contributed by atoms with Gasteiger partial charge in [-0.2, -0.15) is 0 Å². The third-order valence-electron chi connectivity index (χ3n) is 2.62. The number of thioether (sulfide) groups is 1. The number of rotatable bonds is 1. The average molecular weight is 312 g/mol. The van der Waals surface area contributed by atoms with Crippen LogP contribution < -0.4 is 0 Å². The standard InChI is InChI=1S/C11H10BrN3OS/c12-8-3-1-7(2-4-8)10-13-14-11-15(10)5-9(16)6-17-11/h1-4,9,16H,5-6H2/t9-/m1/s1. The number of aliphatic hydroxyl groups excluding tert-OH is 1. The van der Waals surface area contributed by atoms with Crippen LogP contribution in [-0.4, -0.2) is 31.7 Å². The molecule has 0 radical (unpaired) electrons. The highest BCUT2D eigenvalue weighted by atomic mass is 79.9. The lowest BCUT2D eigenvalue weighted by Crippen LogP contribution is -2.24. The quantitative estimate of drug-likeness (QED) is 0.877. The molecule has 1 aromatic heterocycles. The molecular formula is C11H10BrN3OS. The van der Waals surface area contributed by atoms with Gasteiger partial charge in [-0.3, -0.25) is 4.57 Å². The Labute approximate surface area is 111 Å². The highest BCUT2D eigenvalue weighted by Crippen LogP contribution is 2.29. The summed E-state index contributed by atoms with van der Waals surface area (Å²) in [6.07, 6.45) is -0.322. The minimum Gasteiger partial charge on any atom is -0.390 e. The molecule has 1 aliphatic rings. The van der Waals surface area contributed by atoms with Crippen LogP contribution in [0.15, 0.2) is 33.9 Å². The van der Waals surface area contributed by atoms with E-state index in [-0.39, 0.29) is 6.10 Å². The van der Waals surface area contributed by atoms with Gasteiger partial charge in [-0.15, -0.1) is 10.2 Å². The number of aromatic nitrogens is 3. The summed E-state index contributed by atoms with van der Waals surface area (Å²) in [5.41, 5.74) is 1.02. The van der Waals surface area contributed by atoms with Crippen LogP contribution in [0.1, 0.15) is 0 Å². The number of fused-ring (bicyclic) bond motifs is 1. The maximum Gasteiger partial charge on any atom is 0.191 e. The summed E-state index contributed by atoms with van der Waals surface area (Å²) in [7, 11) is 0. The SMILES string of the molecule is O[C@H]1CSc2nnc(-c3ccc(Br)cc3)n2C1. The van der Waals surface area contributed by atoms with Crippen LogP contribution in [-0.2, 0) is 6.54 Å².